The zero-order chi connectivity index (χ0) is 15.6. The highest BCUT2D eigenvalue weighted by Crippen LogP contribution is 2.22. The molecule has 0 saturated carbocycles. The minimum Gasteiger partial charge on any atom is -0.326 e. The predicted octanol–water partition coefficient (Wildman–Crippen LogP) is 1.11. The Hall–Kier alpha value is -2.37. The number of hydrazine groups is 1. The Morgan fingerprint density at radius 1 is 1.10 bits per heavy atom. The van der Waals surface area contributed by atoms with E-state index in [9.17, 15) is 14.4 Å². The second-order valence-electron chi connectivity index (χ2n) is 5.39. The van der Waals surface area contributed by atoms with E-state index >= 15 is 0 Å². The van der Waals surface area contributed by atoms with Crippen LogP contribution in [0.25, 0.3) is 0 Å². The molecule has 0 bridgehead atoms. The van der Waals surface area contributed by atoms with Crippen molar-refractivity contribution in [2.45, 2.75) is 33.6 Å². The Kier molecular flexibility index (Phi) is 4.26. The molecule has 1 aromatic rings. The maximum absolute atomic E-state index is 12.0. The van der Waals surface area contributed by atoms with Gasteiger partial charge in [-0.15, -0.1) is 0 Å². The van der Waals surface area contributed by atoms with Crippen LogP contribution in [0.5, 0.6) is 0 Å². The molecule has 2 rings (SSSR count). The molecule has 0 atom stereocenters. The van der Waals surface area contributed by atoms with E-state index in [4.69, 9.17) is 0 Å². The van der Waals surface area contributed by atoms with E-state index in [1.54, 1.807) is 0 Å². The molecule has 0 spiro atoms. The molecule has 0 aliphatic carbocycles. The maximum atomic E-state index is 12.0. The van der Waals surface area contributed by atoms with Gasteiger partial charge in [-0.05, 0) is 38.3 Å². The van der Waals surface area contributed by atoms with Crippen LogP contribution in [0.2, 0.25) is 0 Å². The van der Waals surface area contributed by atoms with Crippen molar-refractivity contribution in [1.29, 1.82) is 0 Å². The molecule has 1 aromatic carbocycles. The first-order valence-corrected chi connectivity index (χ1v) is 6.86. The van der Waals surface area contributed by atoms with E-state index in [0.29, 0.717) is 0 Å². The molecule has 1 heterocycles. The van der Waals surface area contributed by atoms with Gasteiger partial charge in [0.15, 0.2) is 0 Å². The summed E-state index contributed by atoms with van der Waals surface area (Å²) in [6.07, 6.45) is 0.325. The van der Waals surface area contributed by atoms with Gasteiger partial charge >= 0.3 is 0 Å². The molecule has 1 saturated heterocycles. The van der Waals surface area contributed by atoms with Crippen LogP contribution in [0.15, 0.2) is 12.1 Å². The van der Waals surface area contributed by atoms with Gasteiger partial charge in [-0.25, -0.2) is 0 Å². The minimum atomic E-state index is -0.782. The standard InChI is InChI=1S/C15H19N3O3/c1-8-6-9(2)13(10(3)7-8)16-12(19)5-4-11-14(20)17-18-15(11)21/h6-7,11H,4-5H2,1-3H3,(H,16,19)(H,17,20)(H,18,21). The lowest BCUT2D eigenvalue weighted by Gasteiger charge is -2.13. The summed E-state index contributed by atoms with van der Waals surface area (Å²) in [5.41, 5.74) is 8.43. The van der Waals surface area contributed by atoms with E-state index in [-0.39, 0.29) is 30.6 Å². The van der Waals surface area contributed by atoms with Crippen molar-refractivity contribution in [1.82, 2.24) is 10.9 Å². The number of amides is 3. The third kappa shape index (κ3) is 3.39. The van der Waals surface area contributed by atoms with Crippen molar-refractivity contribution < 1.29 is 14.4 Å². The SMILES string of the molecule is Cc1cc(C)c(NC(=O)CCC2C(=O)NNC2=O)c(C)c1. The summed E-state index contributed by atoms with van der Waals surface area (Å²) in [6.45, 7) is 5.88. The van der Waals surface area contributed by atoms with E-state index in [2.05, 4.69) is 16.2 Å². The monoisotopic (exact) mass is 289 g/mol. The lowest BCUT2D eigenvalue weighted by atomic mass is 10.0. The van der Waals surface area contributed by atoms with E-state index in [1.165, 1.54) is 0 Å². The van der Waals surface area contributed by atoms with Crippen molar-refractivity contribution in [3.8, 4) is 0 Å². The van der Waals surface area contributed by atoms with Gasteiger partial charge in [0, 0.05) is 12.1 Å². The molecule has 0 aromatic heterocycles. The molecule has 6 heteroatoms. The van der Waals surface area contributed by atoms with Crippen LogP contribution in [0.1, 0.15) is 29.5 Å². The van der Waals surface area contributed by atoms with Crippen molar-refractivity contribution in [3.63, 3.8) is 0 Å². The zero-order valence-electron chi connectivity index (χ0n) is 12.4. The Balaban J connectivity index is 1.96. The number of hydrogen-bond donors (Lipinski definition) is 3. The first-order chi connectivity index (χ1) is 9.88. The number of rotatable bonds is 4. The smallest absolute Gasteiger partial charge is 0.251 e. The Bertz CT molecular complexity index is 571. The molecule has 112 valence electrons. The van der Waals surface area contributed by atoms with Gasteiger partial charge in [-0.3, -0.25) is 25.2 Å². The zero-order valence-corrected chi connectivity index (χ0v) is 12.4. The van der Waals surface area contributed by atoms with Gasteiger partial charge < -0.3 is 5.32 Å². The van der Waals surface area contributed by atoms with Gasteiger partial charge in [0.2, 0.25) is 5.91 Å². The highest BCUT2D eigenvalue weighted by atomic mass is 16.2. The van der Waals surface area contributed by atoms with Gasteiger partial charge in [0.05, 0.1) is 0 Å². The summed E-state index contributed by atoms with van der Waals surface area (Å²) in [5, 5.41) is 2.86. The lowest BCUT2D eigenvalue weighted by molar-refractivity contribution is -0.128. The average molecular weight is 289 g/mol. The topological polar surface area (TPSA) is 87.3 Å². The largest absolute Gasteiger partial charge is 0.326 e. The molecule has 3 N–H and O–H groups in total. The first kappa shape index (κ1) is 15.0. The van der Waals surface area contributed by atoms with Crippen LogP contribution in [0, 0.1) is 26.7 Å². The highest BCUT2D eigenvalue weighted by Gasteiger charge is 2.32. The Morgan fingerprint density at radius 3 is 2.14 bits per heavy atom. The van der Waals surface area contributed by atoms with Crippen molar-refractivity contribution in [3.05, 3.63) is 28.8 Å². The fraction of sp³-hybridized carbons (Fsp3) is 0.400. The molecular formula is C15H19N3O3. The molecule has 1 aliphatic heterocycles. The van der Waals surface area contributed by atoms with Crippen LogP contribution in [-0.2, 0) is 14.4 Å². The Morgan fingerprint density at radius 2 is 1.62 bits per heavy atom. The van der Waals surface area contributed by atoms with Gasteiger partial charge in [-0.2, -0.15) is 0 Å². The average Bonchev–Trinajstić information content (AvgIpc) is 2.71. The lowest BCUT2D eigenvalue weighted by Crippen LogP contribution is -2.28. The minimum absolute atomic E-state index is 0.123. The third-order valence-corrected chi connectivity index (χ3v) is 3.54. The number of carbonyl (C=O) groups excluding carboxylic acids is 3. The number of hydrogen-bond acceptors (Lipinski definition) is 3. The van der Waals surface area contributed by atoms with Gasteiger partial charge in [0.25, 0.3) is 11.8 Å². The van der Waals surface area contributed by atoms with Gasteiger partial charge in [-0.1, -0.05) is 17.7 Å². The summed E-state index contributed by atoms with van der Waals surface area (Å²) >= 11 is 0. The molecule has 3 amide bonds. The fourth-order valence-electron chi connectivity index (χ4n) is 2.53. The quantitative estimate of drug-likeness (QED) is 0.726. The van der Waals surface area contributed by atoms with Crippen molar-refractivity contribution >= 4 is 23.4 Å². The number of aryl methyl sites for hydroxylation is 3. The van der Waals surface area contributed by atoms with Crippen molar-refractivity contribution in [2.75, 3.05) is 5.32 Å². The summed E-state index contributed by atoms with van der Waals surface area (Å²) in [7, 11) is 0. The van der Waals surface area contributed by atoms with Crippen LogP contribution < -0.4 is 16.2 Å². The molecule has 1 fully saturated rings. The number of nitrogens with one attached hydrogen (secondary N) is 3. The van der Waals surface area contributed by atoms with E-state index in [0.717, 1.165) is 22.4 Å². The molecular weight excluding hydrogens is 270 g/mol. The van der Waals surface area contributed by atoms with Crippen LogP contribution >= 0.6 is 0 Å². The second kappa shape index (κ2) is 5.95. The van der Waals surface area contributed by atoms with E-state index < -0.39 is 5.92 Å². The van der Waals surface area contributed by atoms with Crippen molar-refractivity contribution in [2.24, 2.45) is 5.92 Å². The normalized spacial score (nSPS) is 14.8. The Labute approximate surface area is 123 Å². The highest BCUT2D eigenvalue weighted by molar-refractivity contribution is 6.05. The van der Waals surface area contributed by atoms with Crippen LogP contribution in [-0.4, -0.2) is 17.7 Å². The molecule has 0 radical (unpaired) electrons. The number of benzene rings is 1. The molecule has 21 heavy (non-hydrogen) atoms. The summed E-state index contributed by atoms with van der Waals surface area (Å²) in [6, 6.07) is 4.00. The number of carbonyl (C=O) groups is 3. The molecule has 1 aliphatic rings. The first-order valence-electron chi connectivity index (χ1n) is 6.86. The predicted molar refractivity (Wildman–Crippen MR) is 78.3 cm³/mol. The van der Waals surface area contributed by atoms with E-state index in [1.807, 2.05) is 32.9 Å². The molecule has 6 nitrogen and oxygen atoms in total. The second-order valence-corrected chi connectivity index (χ2v) is 5.39. The van der Waals surface area contributed by atoms with Gasteiger partial charge in [0.1, 0.15) is 5.92 Å². The van der Waals surface area contributed by atoms with Crippen LogP contribution in [0.4, 0.5) is 5.69 Å². The maximum Gasteiger partial charge on any atom is 0.251 e. The molecule has 0 unspecified atom stereocenters. The summed E-state index contributed by atoms with van der Waals surface area (Å²) < 4.78 is 0. The summed E-state index contributed by atoms with van der Waals surface area (Å²) in [4.78, 5) is 34.7. The number of anilines is 1. The summed E-state index contributed by atoms with van der Waals surface area (Å²) in [5.74, 6) is -1.74. The third-order valence-electron chi connectivity index (χ3n) is 3.54. The fourth-order valence-corrected chi connectivity index (χ4v) is 2.53. The van der Waals surface area contributed by atoms with Crippen LogP contribution in [0.3, 0.4) is 0 Å².